The smallest absolute Gasteiger partial charge is 0.408 e. The molecule has 1 aliphatic rings. The lowest BCUT2D eigenvalue weighted by atomic mass is 10.0. The van der Waals surface area contributed by atoms with Crippen molar-refractivity contribution in [3.63, 3.8) is 0 Å². The van der Waals surface area contributed by atoms with E-state index in [1.807, 2.05) is 51.1 Å². The molecule has 3 N–H and O–H groups in total. The van der Waals surface area contributed by atoms with Crippen LogP contribution in [0.1, 0.15) is 106 Å². The van der Waals surface area contributed by atoms with Crippen LogP contribution < -0.4 is 16.1 Å². The molecule has 50 heavy (non-hydrogen) atoms. The molecule has 1 unspecified atom stereocenters. The number of alkyl carbamates (subject to hydrolysis) is 1. The van der Waals surface area contributed by atoms with E-state index in [-0.39, 0.29) is 18.3 Å². The van der Waals surface area contributed by atoms with E-state index < -0.39 is 59.3 Å². The number of ether oxygens (including phenoxy) is 3. The fourth-order valence-electron chi connectivity index (χ4n) is 5.19. The molecule has 1 saturated heterocycles. The first-order valence-electron chi connectivity index (χ1n) is 17.1. The molecular formula is C37H53N5O8. The second kappa shape index (κ2) is 16.9. The van der Waals surface area contributed by atoms with Crippen molar-refractivity contribution in [3.8, 4) is 0 Å². The molecule has 4 atom stereocenters. The molecule has 1 aliphatic heterocycles. The van der Waals surface area contributed by atoms with Gasteiger partial charge in [-0.1, -0.05) is 32.1 Å². The number of amides is 3. The second-order valence-electron chi connectivity index (χ2n) is 14.9. The summed E-state index contributed by atoms with van der Waals surface area (Å²) in [6.45, 7) is 17.9. The molecule has 1 aromatic carbocycles. The maximum absolute atomic E-state index is 13.3. The lowest BCUT2D eigenvalue weighted by Crippen LogP contribution is -2.61. The van der Waals surface area contributed by atoms with Gasteiger partial charge >= 0.3 is 18.0 Å². The van der Waals surface area contributed by atoms with E-state index in [0.717, 1.165) is 22.0 Å². The van der Waals surface area contributed by atoms with E-state index in [2.05, 4.69) is 21.0 Å². The maximum Gasteiger partial charge on any atom is 0.408 e. The summed E-state index contributed by atoms with van der Waals surface area (Å²) in [5.74, 6) is -2.05. The highest BCUT2D eigenvalue weighted by molar-refractivity contribution is 5.91. The molecular weight excluding hydrogens is 642 g/mol. The molecule has 1 fully saturated rings. The van der Waals surface area contributed by atoms with Crippen LogP contribution in [0.25, 0.3) is 17.0 Å². The summed E-state index contributed by atoms with van der Waals surface area (Å²) < 4.78 is 16.4. The highest BCUT2D eigenvalue weighted by atomic mass is 16.6. The van der Waals surface area contributed by atoms with Crippen molar-refractivity contribution in [2.45, 2.75) is 124 Å². The third-order valence-corrected chi connectivity index (χ3v) is 7.59. The quantitative estimate of drug-likeness (QED) is 0.212. The molecule has 0 spiro atoms. The summed E-state index contributed by atoms with van der Waals surface area (Å²) in [6.07, 6.45) is 5.10. The van der Waals surface area contributed by atoms with Gasteiger partial charge in [0.05, 0.1) is 11.9 Å². The van der Waals surface area contributed by atoms with Crippen molar-refractivity contribution in [2.24, 2.45) is 5.92 Å². The Morgan fingerprint density at radius 3 is 2.30 bits per heavy atom. The van der Waals surface area contributed by atoms with Crippen molar-refractivity contribution in [1.29, 1.82) is 0 Å². The van der Waals surface area contributed by atoms with Crippen LogP contribution in [0.3, 0.4) is 0 Å². The second-order valence-corrected chi connectivity index (χ2v) is 14.9. The average molecular weight is 696 g/mol. The number of carbonyl (C=O) groups is 5. The monoisotopic (exact) mass is 695 g/mol. The van der Waals surface area contributed by atoms with E-state index in [1.54, 1.807) is 60.7 Å². The summed E-state index contributed by atoms with van der Waals surface area (Å²) in [5.41, 5.74) is 4.03. The van der Waals surface area contributed by atoms with Gasteiger partial charge in [-0.2, -0.15) is 0 Å². The lowest BCUT2D eigenvalue weighted by Gasteiger charge is -2.35. The van der Waals surface area contributed by atoms with Crippen LogP contribution in [0.5, 0.6) is 0 Å². The van der Waals surface area contributed by atoms with E-state index >= 15 is 0 Å². The van der Waals surface area contributed by atoms with E-state index in [1.165, 1.54) is 5.01 Å². The number of hydrazine groups is 1. The summed E-state index contributed by atoms with van der Waals surface area (Å²) >= 11 is 0. The van der Waals surface area contributed by atoms with Gasteiger partial charge in [-0.15, -0.1) is 0 Å². The van der Waals surface area contributed by atoms with Crippen LogP contribution in [0, 0.1) is 5.92 Å². The fourth-order valence-corrected chi connectivity index (χ4v) is 5.19. The number of pyridine rings is 1. The number of nitrogens with one attached hydrogen (secondary N) is 3. The van der Waals surface area contributed by atoms with Crippen molar-refractivity contribution in [3.05, 3.63) is 47.7 Å². The minimum atomic E-state index is -0.936. The van der Waals surface area contributed by atoms with Crippen LogP contribution in [0.15, 0.2) is 36.5 Å². The molecule has 0 radical (unpaired) electrons. The summed E-state index contributed by atoms with van der Waals surface area (Å²) in [7, 11) is 0. The number of esters is 2. The molecule has 1 aromatic heterocycles. The number of benzene rings is 1. The van der Waals surface area contributed by atoms with Gasteiger partial charge in [0.15, 0.2) is 0 Å². The normalized spacial score (nSPS) is 17.2. The number of carbonyl (C=O) groups excluding carboxylic acids is 5. The zero-order valence-electron chi connectivity index (χ0n) is 30.9. The Labute approximate surface area is 294 Å². The first-order valence-corrected chi connectivity index (χ1v) is 17.1. The molecule has 3 rings (SSSR count). The molecule has 2 aromatic rings. The number of aromatic nitrogens is 1. The van der Waals surface area contributed by atoms with Crippen LogP contribution in [-0.4, -0.2) is 75.7 Å². The van der Waals surface area contributed by atoms with Gasteiger partial charge < -0.3 is 24.8 Å². The zero-order valence-corrected chi connectivity index (χ0v) is 30.9. The van der Waals surface area contributed by atoms with E-state index in [0.29, 0.717) is 19.4 Å². The molecule has 0 saturated carbocycles. The minimum absolute atomic E-state index is 0.139. The van der Waals surface area contributed by atoms with Gasteiger partial charge in [0, 0.05) is 18.1 Å². The fraction of sp³-hybridized carbons (Fsp3) is 0.568. The van der Waals surface area contributed by atoms with Crippen LogP contribution in [0.2, 0.25) is 0 Å². The van der Waals surface area contributed by atoms with Crippen LogP contribution in [-0.2, 0) is 33.4 Å². The number of nitrogens with zero attached hydrogens (tertiary/aromatic N) is 2. The topological polar surface area (TPSA) is 165 Å². The standard InChI is InChI=1S/C37H53N5O8/c1-22(2)31(40-35(47)50-37(8,9)10)32(44)39-23(3)33(45)42-18-12-14-29(41-42)34(46)48-24(4)26-16-17-28-27(20-26)19-25(21-38-28)13-11-15-30(43)49-36(5,6)7/h11,13,16-17,19-24,29,31,41H,12,14-15,18H2,1-10H3,(H,39,44)(H,40,47)/b13-11+/t23?,24-,29+,31+/m1/s1. The van der Waals surface area contributed by atoms with Crippen molar-refractivity contribution in [1.82, 2.24) is 26.1 Å². The van der Waals surface area contributed by atoms with Gasteiger partial charge in [-0.25, -0.2) is 10.2 Å². The Morgan fingerprint density at radius 1 is 0.980 bits per heavy atom. The van der Waals surface area contributed by atoms with Gasteiger partial charge in [0.25, 0.3) is 5.91 Å². The van der Waals surface area contributed by atoms with Crippen LogP contribution >= 0.6 is 0 Å². The zero-order chi connectivity index (χ0) is 37.4. The predicted molar refractivity (Wildman–Crippen MR) is 189 cm³/mol. The Balaban J connectivity index is 1.59. The molecule has 13 nitrogen and oxygen atoms in total. The van der Waals surface area contributed by atoms with Gasteiger partial charge in [-0.05, 0) is 103 Å². The Hall–Kier alpha value is -4.52. The third-order valence-electron chi connectivity index (χ3n) is 7.59. The van der Waals surface area contributed by atoms with Crippen molar-refractivity contribution < 1.29 is 38.2 Å². The van der Waals surface area contributed by atoms with Crippen molar-refractivity contribution >= 4 is 46.8 Å². The molecule has 0 bridgehead atoms. The average Bonchev–Trinajstić information content (AvgIpc) is 3.01. The molecule has 13 heteroatoms. The van der Waals surface area contributed by atoms with E-state index in [4.69, 9.17) is 14.2 Å². The first-order chi connectivity index (χ1) is 23.2. The summed E-state index contributed by atoms with van der Waals surface area (Å²) in [5, 5.41) is 7.44. The van der Waals surface area contributed by atoms with Crippen LogP contribution in [0.4, 0.5) is 4.79 Å². The number of fused-ring (bicyclic) bond motifs is 1. The highest BCUT2D eigenvalue weighted by Gasteiger charge is 2.34. The SMILES string of the molecule is CC(NC(=O)[C@@H](NC(=O)OC(C)(C)C)C(C)C)C(=O)N1CCC[C@@H](C(=O)O[C@H](C)c2ccc3ncc(/C=C/CC(=O)OC(C)(C)C)cc3c2)N1. The third kappa shape index (κ3) is 12.4. The van der Waals surface area contributed by atoms with Gasteiger partial charge in [0.1, 0.15) is 35.4 Å². The first kappa shape index (κ1) is 39.9. The predicted octanol–water partition coefficient (Wildman–Crippen LogP) is 5.13. The number of hydrogen-bond donors (Lipinski definition) is 3. The minimum Gasteiger partial charge on any atom is -0.460 e. The molecule has 274 valence electrons. The maximum atomic E-state index is 13.3. The highest BCUT2D eigenvalue weighted by Crippen LogP contribution is 2.24. The lowest BCUT2D eigenvalue weighted by molar-refractivity contribution is -0.157. The van der Waals surface area contributed by atoms with Gasteiger partial charge in [-0.3, -0.25) is 29.2 Å². The van der Waals surface area contributed by atoms with E-state index in [9.17, 15) is 24.0 Å². The van der Waals surface area contributed by atoms with Crippen molar-refractivity contribution in [2.75, 3.05) is 6.54 Å². The molecule has 2 heterocycles. The Bertz CT molecular complexity index is 1580. The summed E-state index contributed by atoms with van der Waals surface area (Å²) in [6, 6.07) is 4.92. The number of hydrogen-bond acceptors (Lipinski definition) is 10. The molecule has 0 aliphatic carbocycles. The Kier molecular flexibility index (Phi) is 13.5. The summed E-state index contributed by atoms with van der Waals surface area (Å²) in [4.78, 5) is 68.4. The number of rotatable bonds is 11. The Morgan fingerprint density at radius 2 is 1.66 bits per heavy atom. The molecule has 3 amide bonds. The largest absolute Gasteiger partial charge is 0.460 e. The van der Waals surface area contributed by atoms with Gasteiger partial charge in [0.2, 0.25) is 5.91 Å².